The number of aromatic nitrogens is 2. The Balaban J connectivity index is 2.34. The number of urea groups is 1. The van der Waals surface area contributed by atoms with Gasteiger partial charge in [-0.25, -0.2) is 4.79 Å². The van der Waals surface area contributed by atoms with E-state index in [1.165, 1.54) is 6.92 Å². The summed E-state index contributed by atoms with van der Waals surface area (Å²) in [5.74, 6) is -1.53. The molecule has 0 radical (unpaired) electrons. The maximum Gasteiger partial charge on any atom is 0.315 e. The number of carboxylic acid groups (broad SMARTS) is 1. The zero-order chi connectivity index (χ0) is 13.7. The summed E-state index contributed by atoms with van der Waals surface area (Å²) in [7, 11) is 1.83. The normalized spacial score (nSPS) is 11.9. The van der Waals surface area contributed by atoms with Crippen LogP contribution in [-0.4, -0.2) is 33.4 Å². The molecule has 18 heavy (non-hydrogen) atoms. The Bertz CT molecular complexity index is 441. The Kier molecular flexibility index (Phi) is 4.70. The molecule has 0 saturated carbocycles. The topological polar surface area (TPSA) is 96.2 Å². The van der Waals surface area contributed by atoms with Crippen LogP contribution >= 0.6 is 0 Å². The van der Waals surface area contributed by atoms with Crippen LogP contribution in [-0.2, 0) is 18.4 Å². The van der Waals surface area contributed by atoms with Gasteiger partial charge in [0.15, 0.2) is 0 Å². The van der Waals surface area contributed by atoms with Crippen molar-refractivity contribution in [3.63, 3.8) is 0 Å². The first kappa shape index (κ1) is 14.0. The summed E-state index contributed by atoms with van der Waals surface area (Å²) in [5.41, 5.74) is 1.91. The highest BCUT2D eigenvalue weighted by atomic mass is 16.4. The summed E-state index contributed by atoms with van der Waals surface area (Å²) in [6.45, 7) is 3.92. The van der Waals surface area contributed by atoms with Crippen molar-refractivity contribution < 1.29 is 14.7 Å². The van der Waals surface area contributed by atoms with E-state index in [4.69, 9.17) is 5.11 Å². The van der Waals surface area contributed by atoms with Crippen LogP contribution in [0.2, 0.25) is 0 Å². The minimum Gasteiger partial charge on any atom is -0.481 e. The second kappa shape index (κ2) is 6.04. The summed E-state index contributed by atoms with van der Waals surface area (Å²) >= 11 is 0. The summed E-state index contributed by atoms with van der Waals surface area (Å²) in [6, 6.07) is -0.383. The molecule has 0 spiro atoms. The van der Waals surface area contributed by atoms with E-state index in [1.54, 1.807) is 10.9 Å². The Morgan fingerprint density at radius 3 is 2.67 bits per heavy atom. The summed E-state index contributed by atoms with van der Waals surface area (Å²) in [6.07, 6.45) is 1.69. The highest BCUT2D eigenvalue weighted by molar-refractivity contribution is 5.75. The molecule has 0 aliphatic heterocycles. The van der Waals surface area contributed by atoms with Gasteiger partial charge in [0.25, 0.3) is 0 Å². The van der Waals surface area contributed by atoms with Crippen molar-refractivity contribution in [2.24, 2.45) is 13.0 Å². The van der Waals surface area contributed by atoms with E-state index in [2.05, 4.69) is 15.7 Å². The number of carbonyl (C=O) groups excluding carboxylic acids is 1. The Labute approximate surface area is 105 Å². The number of rotatable bonds is 5. The molecule has 1 aromatic rings. The maximum atomic E-state index is 11.4. The van der Waals surface area contributed by atoms with Gasteiger partial charge in [0.05, 0.1) is 12.1 Å². The van der Waals surface area contributed by atoms with Gasteiger partial charge in [-0.3, -0.25) is 9.48 Å². The Morgan fingerprint density at radius 1 is 1.50 bits per heavy atom. The highest BCUT2D eigenvalue weighted by Gasteiger charge is 2.12. The SMILES string of the molecule is Cc1c(CNC(=O)NCC(C)C(=O)O)cnn1C. The number of amides is 2. The van der Waals surface area contributed by atoms with Crippen LogP contribution in [0, 0.1) is 12.8 Å². The molecule has 2 amide bonds. The first-order valence-electron chi connectivity index (χ1n) is 5.63. The number of aryl methyl sites for hydroxylation is 1. The van der Waals surface area contributed by atoms with Gasteiger partial charge >= 0.3 is 12.0 Å². The number of hydrogen-bond donors (Lipinski definition) is 3. The van der Waals surface area contributed by atoms with Crippen LogP contribution < -0.4 is 10.6 Å². The number of hydrogen-bond acceptors (Lipinski definition) is 3. The fraction of sp³-hybridized carbons (Fsp3) is 0.545. The lowest BCUT2D eigenvalue weighted by Gasteiger charge is -2.09. The number of nitrogens with one attached hydrogen (secondary N) is 2. The molecule has 7 heteroatoms. The number of carboxylic acids is 1. The van der Waals surface area contributed by atoms with Crippen molar-refractivity contribution in [1.82, 2.24) is 20.4 Å². The van der Waals surface area contributed by atoms with Gasteiger partial charge in [-0.15, -0.1) is 0 Å². The Morgan fingerprint density at radius 2 is 2.17 bits per heavy atom. The van der Waals surface area contributed by atoms with Crippen molar-refractivity contribution in [2.45, 2.75) is 20.4 Å². The van der Waals surface area contributed by atoms with E-state index in [-0.39, 0.29) is 12.6 Å². The van der Waals surface area contributed by atoms with Gasteiger partial charge < -0.3 is 15.7 Å². The van der Waals surface area contributed by atoms with E-state index >= 15 is 0 Å². The monoisotopic (exact) mass is 254 g/mol. The van der Waals surface area contributed by atoms with Crippen LogP contribution in [0.1, 0.15) is 18.2 Å². The van der Waals surface area contributed by atoms with Gasteiger partial charge in [0, 0.05) is 31.4 Å². The zero-order valence-corrected chi connectivity index (χ0v) is 10.7. The van der Waals surface area contributed by atoms with Crippen LogP contribution in [0.15, 0.2) is 6.20 Å². The third-order valence-corrected chi connectivity index (χ3v) is 2.77. The third-order valence-electron chi connectivity index (χ3n) is 2.77. The molecular weight excluding hydrogens is 236 g/mol. The van der Waals surface area contributed by atoms with Crippen molar-refractivity contribution >= 4 is 12.0 Å². The predicted octanol–water partition coefficient (Wildman–Crippen LogP) is 0.248. The molecule has 0 fully saturated rings. The maximum absolute atomic E-state index is 11.4. The predicted molar refractivity (Wildman–Crippen MR) is 65.0 cm³/mol. The second-order valence-electron chi connectivity index (χ2n) is 4.18. The molecule has 1 heterocycles. The van der Waals surface area contributed by atoms with E-state index in [1.807, 2.05) is 14.0 Å². The van der Waals surface area contributed by atoms with Crippen LogP contribution in [0.25, 0.3) is 0 Å². The molecule has 3 N–H and O–H groups in total. The lowest BCUT2D eigenvalue weighted by atomic mass is 10.2. The molecule has 1 aromatic heterocycles. The fourth-order valence-corrected chi connectivity index (χ4v) is 1.29. The van der Waals surface area contributed by atoms with Gasteiger partial charge in [-0.05, 0) is 6.92 Å². The molecule has 100 valence electrons. The van der Waals surface area contributed by atoms with Gasteiger partial charge in [0.2, 0.25) is 0 Å². The largest absolute Gasteiger partial charge is 0.481 e. The number of nitrogens with zero attached hydrogens (tertiary/aromatic N) is 2. The first-order chi connectivity index (χ1) is 8.41. The summed E-state index contributed by atoms with van der Waals surface area (Å²) in [5, 5.41) is 17.9. The lowest BCUT2D eigenvalue weighted by Crippen LogP contribution is -2.38. The quantitative estimate of drug-likeness (QED) is 0.701. The van der Waals surface area contributed by atoms with Crippen LogP contribution in [0.4, 0.5) is 4.79 Å². The van der Waals surface area contributed by atoms with E-state index in [0.717, 1.165) is 11.3 Å². The van der Waals surface area contributed by atoms with E-state index in [0.29, 0.717) is 6.54 Å². The average Bonchev–Trinajstić information content (AvgIpc) is 2.64. The van der Waals surface area contributed by atoms with Crippen LogP contribution in [0.5, 0.6) is 0 Å². The van der Waals surface area contributed by atoms with E-state index < -0.39 is 11.9 Å². The van der Waals surface area contributed by atoms with Crippen molar-refractivity contribution in [2.75, 3.05) is 6.54 Å². The summed E-state index contributed by atoms with van der Waals surface area (Å²) < 4.78 is 1.72. The molecular formula is C11H18N4O3. The van der Waals surface area contributed by atoms with Gasteiger partial charge in [0.1, 0.15) is 0 Å². The first-order valence-corrected chi connectivity index (χ1v) is 5.63. The minimum atomic E-state index is -0.932. The molecule has 0 aliphatic rings. The molecule has 0 aliphatic carbocycles. The lowest BCUT2D eigenvalue weighted by molar-refractivity contribution is -0.140. The fourth-order valence-electron chi connectivity index (χ4n) is 1.29. The Hall–Kier alpha value is -2.05. The molecule has 7 nitrogen and oxygen atoms in total. The number of aliphatic carboxylic acids is 1. The molecule has 0 bridgehead atoms. The van der Waals surface area contributed by atoms with Gasteiger partial charge in [-0.2, -0.15) is 5.10 Å². The third kappa shape index (κ3) is 3.76. The van der Waals surface area contributed by atoms with Crippen LogP contribution in [0.3, 0.4) is 0 Å². The average molecular weight is 254 g/mol. The standard InChI is InChI=1S/C11H18N4O3/c1-7(10(16)17)4-12-11(18)13-5-9-6-14-15(3)8(9)2/h6-7H,4-5H2,1-3H3,(H,16,17)(H2,12,13,18). The minimum absolute atomic E-state index is 0.104. The zero-order valence-electron chi connectivity index (χ0n) is 10.7. The second-order valence-corrected chi connectivity index (χ2v) is 4.18. The van der Waals surface area contributed by atoms with Crippen molar-refractivity contribution in [1.29, 1.82) is 0 Å². The molecule has 0 aromatic carbocycles. The smallest absolute Gasteiger partial charge is 0.315 e. The molecule has 1 rings (SSSR count). The van der Waals surface area contributed by atoms with Crippen molar-refractivity contribution in [3.8, 4) is 0 Å². The molecule has 0 saturated heterocycles. The highest BCUT2D eigenvalue weighted by Crippen LogP contribution is 2.04. The summed E-state index contributed by atoms with van der Waals surface area (Å²) in [4.78, 5) is 22.0. The molecule has 1 atom stereocenters. The van der Waals surface area contributed by atoms with Crippen molar-refractivity contribution in [3.05, 3.63) is 17.5 Å². The van der Waals surface area contributed by atoms with Gasteiger partial charge in [-0.1, -0.05) is 6.92 Å². The molecule has 1 unspecified atom stereocenters. The number of carbonyl (C=O) groups is 2. The van der Waals surface area contributed by atoms with E-state index in [9.17, 15) is 9.59 Å².